The lowest BCUT2D eigenvalue weighted by Crippen LogP contribution is -2.63. The Kier molecular flexibility index (Phi) is 5.02. The van der Waals surface area contributed by atoms with Crippen molar-refractivity contribution in [1.29, 1.82) is 0 Å². The van der Waals surface area contributed by atoms with Gasteiger partial charge in [-0.15, -0.1) is 12.4 Å². The maximum Gasteiger partial charge on any atom is 0.242 e. The quantitative estimate of drug-likeness (QED) is 0.927. The molecule has 0 aromatic heterocycles. The highest BCUT2D eigenvalue weighted by atomic mass is 35.5. The predicted molar refractivity (Wildman–Crippen MR) is 76.2 cm³/mol. The van der Waals surface area contributed by atoms with E-state index in [9.17, 15) is 4.79 Å². The third-order valence-corrected chi connectivity index (χ3v) is 3.54. The number of halogens is 2. The van der Waals surface area contributed by atoms with Crippen LogP contribution in [0.5, 0.6) is 0 Å². The van der Waals surface area contributed by atoms with Gasteiger partial charge in [0.15, 0.2) is 0 Å². The van der Waals surface area contributed by atoms with Crippen LogP contribution in [0.15, 0.2) is 24.3 Å². The van der Waals surface area contributed by atoms with Crippen LogP contribution in [0, 0.1) is 0 Å². The zero-order valence-corrected chi connectivity index (χ0v) is 12.1. The summed E-state index contributed by atoms with van der Waals surface area (Å²) in [5.74, 6) is 0.152. The van der Waals surface area contributed by atoms with E-state index in [4.69, 9.17) is 11.6 Å². The van der Waals surface area contributed by atoms with Crippen LogP contribution in [-0.4, -0.2) is 29.9 Å². The molecule has 5 heteroatoms. The summed E-state index contributed by atoms with van der Waals surface area (Å²) >= 11 is 5.82. The van der Waals surface area contributed by atoms with Crippen molar-refractivity contribution < 1.29 is 4.79 Å². The fourth-order valence-corrected chi connectivity index (χ4v) is 2.17. The van der Waals surface area contributed by atoms with Crippen LogP contribution in [0.4, 0.5) is 0 Å². The molecule has 1 amide bonds. The van der Waals surface area contributed by atoms with E-state index in [2.05, 4.69) is 5.32 Å². The van der Waals surface area contributed by atoms with Gasteiger partial charge in [0, 0.05) is 18.6 Å². The van der Waals surface area contributed by atoms with Gasteiger partial charge in [0.05, 0.1) is 5.54 Å². The molecule has 0 spiro atoms. The van der Waals surface area contributed by atoms with Crippen molar-refractivity contribution in [1.82, 2.24) is 10.2 Å². The first-order valence-electron chi connectivity index (χ1n) is 5.76. The fraction of sp³-hybridized carbons (Fsp3) is 0.462. The second-order valence-corrected chi connectivity index (χ2v) is 5.23. The van der Waals surface area contributed by atoms with Crippen molar-refractivity contribution in [2.45, 2.75) is 25.4 Å². The number of benzene rings is 1. The van der Waals surface area contributed by atoms with Gasteiger partial charge in [-0.2, -0.15) is 0 Å². The molecule has 1 aromatic carbocycles. The van der Waals surface area contributed by atoms with Crippen molar-refractivity contribution in [3.63, 3.8) is 0 Å². The standard InChI is InChI=1S/C13H17ClN2O.ClH/c1-13(7-8-15-13)12(17)16(2)9-10-3-5-11(14)6-4-10;/h3-6,15H,7-9H2,1-2H3;1H. The van der Waals surface area contributed by atoms with Crippen LogP contribution in [0.2, 0.25) is 5.02 Å². The largest absolute Gasteiger partial charge is 0.340 e. The Balaban J connectivity index is 0.00000162. The smallest absolute Gasteiger partial charge is 0.242 e. The van der Waals surface area contributed by atoms with Gasteiger partial charge < -0.3 is 10.2 Å². The summed E-state index contributed by atoms with van der Waals surface area (Å²) in [4.78, 5) is 13.9. The van der Waals surface area contributed by atoms with Crippen LogP contribution >= 0.6 is 24.0 Å². The Hall–Kier alpha value is -0.770. The minimum absolute atomic E-state index is 0. The number of nitrogens with zero attached hydrogens (tertiary/aromatic N) is 1. The minimum atomic E-state index is -0.360. The topological polar surface area (TPSA) is 32.3 Å². The van der Waals surface area contributed by atoms with E-state index in [-0.39, 0.29) is 23.9 Å². The lowest BCUT2D eigenvalue weighted by molar-refractivity contribution is -0.139. The fourth-order valence-electron chi connectivity index (χ4n) is 2.04. The number of hydrogen-bond donors (Lipinski definition) is 1. The summed E-state index contributed by atoms with van der Waals surface area (Å²) in [7, 11) is 1.84. The number of amides is 1. The van der Waals surface area contributed by atoms with Gasteiger partial charge in [0.25, 0.3) is 0 Å². The summed E-state index contributed by atoms with van der Waals surface area (Å²) in [6.45, 7) is 3.50. The van der Waals surface area contributed by atoms with Gasteiger partial charge in [-0.1, -0.05) is 23.7 Å². The molecule has 3 nitrogen and oxygen atoms in total. The van der Waals surface area contributed by atoms with E-state index in [1.54, 1.807) is 4.90 Å². The molecule has 100 valence electrons. The Labute approximate surface area is 119 Å². The van der Waals surface area contributed by atoms with Gasteiger partial charge in [-0.25, -0.2) is 0 Å². The predicted octanol–water partition coefficient (Wildman–Crippen LogP) is 2.47. The molecule has 1 atom stereocenters. The molecule has 1 heterocycles. The molecule has 0 saturated carbocycles. The molecular weight excluding hydrogens is 271 g/mol. The normalized spacial score (nSPS) is 21.7. The zero-order chi connectivity index (χ0) is 12.5. The zero-order valence-electron chi connectivity index (χ0n) is 10.6. The summed E-state index contributed by atoms with van der Waals surface area (Å²) < 4.78 is 0. The highest BCUT2D eigenvalue weighted by Crippen LogP contribution is 2.21. The van der Waals surface area contributed by atoms with E-state index in [0.29, 0.717) is 6.54 Å². The van der Waals surface area contributed by atoms with Crippen molar-refractivity contribution >= 4 is 29.9 Å². The van der Waals surface area contributed by atoms with E-state index >= 15 is 0 Å². The number of carbonyl (C=O) groups is 1. The molecule has 2 rings (SSSR count). The molecule has 1 aliphatic heterocycles. The maximum absolute atomic E-state index is 12.2. The van der Waals surface area contributed by atoms with Crippen molar-refractivity contribution in [2.75, 3.05) is 13.6 Å². The van der Waals surface area contributed by atoms with E-state index in [1.165, 1.54) is 0 Å². The minimum Gasteiger partial charge on any atom is -0.340 e. The molecule has 1 saturated heterocycles. The first kappa shape index (κ1) is 15.3. The van der Waals surface area contributed by atoms with Gasteiger partial charge in [-0.3, -0.25) is 4.79 Å². The van der Waals surface area contributed by atoms with Crippen molar-refractivity contribution in [2.24, 2.45) is 0 Å². The van der Waals surface area contributed by atoms with Crippen LogP contribution in [-0.2, 0) is 11.3 Å². The number of nitrogens with one attached hydrogen (secondary N) is 1. The summed E-state index contributed by atoms with van der Waals surface area (Å²) in [6, 6.07) is 7.59. The number of likely N-dealkylation sites (N-methyl/N-ethyl adjacent to an activating group) is 1. The van der Waals surface area contributed by atoms with Crippen LogP contribution in [0.25, 0.3) is 0 Å². The summed E-state index contributed by atoms with van der Waals surface area (Å²) in [5, 5.41) is 3.90. The average molecular weight is 289 g/mol. The third-order valence-electron chi connectivity index (χ3n) is 3.29. The molecule has 0 aliphatic carbocycles. The number of rotatable bonds is 3. The van der Waals surface area contributed by atoms with E-state index in [1.807, 2.05) is 38.2 Å². The molecule has 0 radical (unpaired) electrons. The van der Waals surface area contributed by atoms with Crippen molar-refractivity contribution in [3.05, 3.63) is 34.9 Å². The summed E-state index contributed by atoms with van der Waals surface area (Å²) in [5.41, 5.74) is 0.731. The lowest BCUT2D eigenvalue weighted by atomic mass is 9.88. The maximum atomic E-state index is 12.2. The molecule has 1 fully saturated rings. The Morgan fingerprint density at radius 2 is 2.00 bits per heavy atom. The Morgan fingerprint density at radius 1 is 1.44 bits per heavy atom. The second-order valence-electron chi connectivity index (χ2n) is 4.80. The molecule has 1 unspecified atom stereocenters. The second kappa shape index (κ2) is 5.91. The molecule has 1 aliphatic rings. The average Bonchev–Trinajstić information content (AvgIpc) is 2.28. The number of carbonyl (C=O) groups excluding carboxylic acids is 1. The van der Waals surface area contributed by atoms with E-state index < -0.39 is 0 Å². The Bertz CT molecular complexity index is 416. The molecule has 18 heavy (non-hydrogen) atoms. The van der Waals surface area contributed by atoms with Gasteiger partial charge in [0.1, 0.15) is 0 Å². The molecule has 0 bridgehead atoms. The van der Waals surface area contributed by atoms with Gasteiger partial charge >= 0.3 is 0 Å². The van der Waals surface area contributed by atoms with E-state index in [0.717, 1.165) is 23.6 Å². The third kappa shape index (κ3) is 3.16. The first-order valence-corrected chi connectivity index (χ1v) is 6.14. The molecular formula is C13H18Cl2N2O. The Morgan fingerprint density at radius 3 is 2.44 bits per heavy atom. The SMILES string of the molecule is CN(Cc1ccc(Cl)cc1)C(=O)C1(C)CCN1.Cl. The monoisotopic (exact) mass is 288 g/mol. The summed E-state index contributed by atoms with van der Waals surface area (Å²) in [6.07, 6.45) is 0.913. The van der Waals surface area contributed by atoms with Crippen LogP contribution < -0.4 is 5.32 Å². The highest BCUT2D eigenvalue weighted by molar-refractivity contribution is 6.30. The van der Waals surface area contributed by atoms with Crippen molar-refractivity contribution in [3.8, 4) is 0 Å². The van der Waals surface area contributed by atoms with Crippen LogP contribution in [0.3, 0.4) is 0 Å². The van der Waals surface area contributed by atoms with Crippen LogP contribution in [0.1, 0.15) is 18.9 Å². The first-order chi connectivity index (χ1) is 8.01. The number of hydrogen-bond acceptors (Lipinski definition) is 2. The van der Waals surface area contributed by atoms with Gasteiger partial charge in [0.2, 0.25) is 5.91 Å². The molecule has 1 N–H and O–H groups in total. The van der Waals surface area contributed by atoms with Gasteiger partial charge in [-0.05, 0) is 37.6 Å². The molecule has 1 aromatic rings. The lowest BCUT2D eigenvalue weighted by Gasteiger charge is -2.40. The highest BCUT2D eigenvalue weighted by Gasteiger charge is 2.40.